The van der Waals surface area contributed by atoms with Crippen molar-refractivity contribution >= 4 is 29.0 Å². The van der Waals surface area contributed by atoms with Crippen molar-refractivity contribution < 1.29 is 14.3 Å². The van der Waals surface area contributed by atoms with Crippen molar-refractivity contribution in [2.24, 2.45) is 0 Å². The van der Waals surface area contributed by atoms with Crippen LogP contribution in [0.2, 0.25) is 0 Å². The average Bonchev–Trinajstić information content (AvgIpc) is 3.14. The number of benzene rings is 1. The van der Waals surface area contributed by atoms with Gasteiger partial charge in [0.25, 0.3) is 5.91 Å². The molecule has 32 heavy (non-hydrogen) atoms. The molecule has 1 aliphatic rings. The molecule has 1 fully saturated rings. The monoisotopic (exact) mass is 450 g/mol. The molecule has 0 bridgehead atoms. The van der Waals surface area contributed by atoms with Crippen LogP contribution >= 0.6 is 11.3 Å². The molecule has 1 amide bonds. The van der Waals surface area contributed by atoms with Gasteiger partial charge in [-0.3, -0.25) is 4.79 Å². The van der Waals surface area contributed by atoms with E-state index in [2.05, 4.69) is 27.0 Å². The Morgan fingerprint density at radius 1 is 1.06 bits per heavy atom. The number of carbonyl (C=O) groups is 2. The normalized spacial score (nSPS) is 14.2. The Morgan fingerprint density at radius 3 is 2.66 bits per heavy atom. The molecule has 0 spiro atoms. The highest BCUT2D eigenvalue weighted by atomic mass is 32.1. The second-order valence-electron chi connectivity index (χ2n) is 7.55. The summed E-state index contributed by atoms with van der Waals surface area (Å²) in [5, 5.41) is 2.81. The van der Waals surface area contributed by atoms with Crippen LogP contribution in [-0.2, 0) is 11.2 Å². The Balaban J connectivity index is 1.36. The number of anilines is 1. The fraction of sp³-hybridized carbons (Fsp3) is 0.333. The smallest absolute Gasteiger partial charge is 0.339 e. The van der Waals surface area contributed by atoms with Gasteiger partial charge in [-0.2, -0.15) is 0 Å². The molecule has 4 rings (SSSR count). The van der Waals surface area contributed by atoms with E-state index in [1.807, 2.05) is 34.5 Å². The van der Waals surface area contributed by atoms with Crippen LogP contribution in [0.3, 0.4) is 0 Å². The summed E-state index contributed by atoms with van der Waals surface area (Å²) < 4.78 is 5.01. The Kier molecular flexibility index (Phi) is 7.11. The molecule has 3 heterocycles. The summed E-state index contributed by atoms with van der Waals surface area (Å²) in [5.41, 5.74) is 2.15. The van der Waals surface area contributed by atoms with Gasteiger partial charge in [0.2, 0.25) is 0 Å². The van der Waals surface area contributed by atoms with E-state index in [1.165, 1.54) is 16.9 Å². The molecular formula is C24H26N4O3S. The summed E-state index contributed by atoms with van der Waals surface area (Å²) in [6.45, 7) is 4.88. The van der Waals surface area contributed by atoms with Crippen LogP contribution < -0.4 is 4.90 Å². The lowest BCUT2D eigenvalue weighted by atomic mass is 10.2. The van der Waals surface area contributed by atoms with E-state index in [-0.39, 0.29) is 11.9 Å². The SMILES string of the molecule is CCOC(=O)c1ccc(N2CCCN(C(=O)c3csc(Cc4ccccc4)n3)CC2)nc1. The third-order valence-electron chi connectivity index (χ3n) is 5.34. The molecule has 0 aliphatic carbocycles. The molecule has 8 heteroatoms. The lowest BCUT2D eigenvalue weighted by Crippen LogP contribution is -2.35. The maximum absolute atomic E-state index is 13.0. The van der Waals surface area contributed by atoms with Gasteiger partial charge in [0.1, 0.15) is 11.5 Å². The number of amides is 1. The number of hydrogen-bond donors (Lipinski definition) is 0. The molecule has 0 saturated carbocycles. The van der Waals surface area contributed by atoms with Gasteiger partial charge in [-0.15, -0.1) is 11.3 Å². The maximum Gasteiger partial charge on any atom is 0.339 e. The van der Waals surface area contributed by atoms with E-state index in [0.29, 0.717) is 37.5 Å². The molecule has 7 nitrogen and oxygen atoms in total. The van der Waals surface area contributed by atoms with Gasteiger partial charge in [-0.05, 0) is 31.0 Å². The number of nitrogens with zero attached hydrogens (tertiary/aromatic N) is 4. The van der Waals surface area contributed by atoms with Crippen molar-refractivity contribution in [3.05, 3.63) is 75.9 Å². The quantitative estimate of drug-likeness (QED) is 0.534. The summed E-state index contributed by atoms with van der Waals surface area (Å²) in [4.78, 5) is 37.9. The van der Waals surface area contributed by atoms with Crippen molar-refractivity contribution in [3.8, 4) is 0 Å². The number of thiazole rings is 1. The third kappa shape index (κ3) is 5.31. The third-order valence-corrected chi connectivity index (χ3v) is 6.18. The second-order valence-corrected chi connectivity index (χ2v) is 8.49. The van der Waals surface area contributed by atoms with Gasteiger partial charge in [0.15, 0.2) is 0 Å². The van der Waals surface area contributed by atoms with E-state index in [4.69, 9.17) is 4.74 Å². The Hall–Kier alpha value is -3.26. The summed E-state index contributed by atoms with van der Waals surface area (Å²) in [6, 6.07) is 13.7. The van der Waals surface area contributed by atoms with Crippen LogP contribution in [0.4, 0.5) is 5.82 Å². The molecule has 0 atom stereocenters. The fourth-order valence-electron chi connectivity index (χ4n) is 3.68. The minimum absolute atomic E-state index is 0.0203. The standard InChI is InChI=1S/C24H26N4O3S/c1-2-31-24(30)19-9-10-21(25-16-19)27-11-6-12-28(14-13-27)23(29)20-17-32-22(26-20)15-18-7-4-3-5-8-18/h3-5,7-10,16-17H,2,6,11-15H2,1H3. The molecule has 166 valence electrons. The number of rotatable bonds is 6. The van der Waals surface area contributed by atoms with E-state index in [0.717, 1.165) is 30.2 Å². The average molecular weight is 451 g/mol. The van der Waals surface area contributed by atoms with Crippen molar-refractivity contribution in [3.63, 3.8) is 0 Å². The highest BCUT2D eigenvalue weighted by molar-refractivity contribution is 7.09. The van der Waals surface area contributed by atoms with E-state index in [1.54, 1.807) is 19.2 Å². The number of ether oxygens (including phenoxy) is 1. The van der Waals surface area contributed by atoms with E-state index in [9.17, 15) is 9.59 Å². The minimum Gasteiger partial charge on any atom is -0.462 e. The first-order valence-electron chi connectivity index (χ1n) is 10.8. The van der Waals surface area contributed by atoms with Crippen LogP contribution in [0.25, 0.3) is 0 Å². The zero-order valence-electron chi connectivity index (χ0n) is 18.1. The number of carbonyl (C=O) groups excluding carboxylic acids is 2. The van der Waals surface area contributed by atoms with Crippen LogP contribution in [0.15, 0.2) is 54.0 Å². The lowest BCUT2D eigenvalue weighted by Gasteiger charge is -2.22. The highest BCUT2D eigenvalue weighted by Gasteiger charge is 2.23. The van der Waals surface area contributed by atoms with Gasteiger partial charge in [-0.25, -0.2) is 14.8 Å². The Bertz CT molecular complexity index is 1050. The highest BCUT2D eigenvalue weighted by Crippen LogP contribution is 2.19. The van der Waals surface area contributed by atoms with Crippen molar-refractivity contribution in [2.45, 2.75) is 19.8 Å². The van der Waals surface area contributed by atoms with E-state index >= 15 is 0 Å². The Labute approximate surface area is 191 Å². The van der Waals surface area contributed by atoms with Gasteiger partial charge in [0, 0.05) is 44.2 Å². The summed E-state index contributed by atoms with van der Waals surface area (Å²) in [6.07, 6.45) is 3.12. The second kappa shape index (κ2) is 10.4. The summed E-state index contributed by atoms with van der Waals surface area (Å²) in [5.74, 6) is 0.410. The molecular weight excluding hydrogens is 424 g/mol. The number of aromatic nitrogens is 2. The molecule has 1 saturated heterocycles. The summed E-state index contributed by atoms with van der Waals surface area (Å²) >= 11 is 1.53. The molecule has 1 aliphatic heterocycles. The van der Waals surface area contributed by atoms with Gasteiger partial charge in [0.05, 0.1) is 17.2 Å². The van der Waals surface area contributed by atoms with Crippen molar-refractivity contribution in [1.29, 1.82) is 0 Å². The molecule has 2 aromatic heterocycles. The van der Waals surface area contributed by atoms with Gasteiger partial charge >= 0.3 is 5.97 Å². The number of esters is 1. The zero-order chi connectivity index (χ0) is 22.3. The Morgan fingerprint density at radius 2 is 1.91 bits per heavy atom. The lowest BCUT2D eigenvalue weighted by molar-refractivity contribution is 0.0525. The largest absolute Gasteiger partial charge is 0.462 e. The molecule has 0 N–H and O–H groups in total. The predicted octanol–water partition coefficient (Wildman–Crippen LogP) is 3.66. The van der Waals surface area contributed by atoms with Crippen molar-refractivity contribution in [1.82, 2.24) is 14.9 Å². The molecule has 0 unspecified atom stereocenters. The first kappa shape index (κ1) is 22.0. The van der Waals surface area contributed by atoms with Crippen LogP contribution in [0, 0.1) is 0 Å². The number of hydrogen-bond acceptors (Lipinski definition) is 7. The minimum atomic E-state index is -0.367. The van der Waals surface area contributed by atoms with Crippen LogP contribution in [0.1, 0.15) is 44.8 Å². The number of pyridine rings is 1. The van der Waals surface area contributed by atoms with E-state index < -0.39 is 0 Å². The van der Waals surface area contributed by atoms with Gasteiger partial charge in [-0.1, -0.05) is 30.3 Å². The topological polar surface area (TPSA) is 75.6 Å². The molecule has 3 aromatic rings. The maximum atomic E-state index is 13.0. The molecule has 1 aromatic carbocycles. The first-order valence-corrected chi connectivity index (χ1v) is 11.7. The predicted molar refractivity (Wildman–Crippen MR) is 124 cm³/mol. The van der Waals surface area contributed by atoms with Crippen LogP contribution in [0.5, 0.6) is 0 Å². The zero-order valence-corrected chi connectivity index (χ0v) is 18.9. The first-order chi connectivity index (χ1) is 15.6. The summed E-state index contributed by atoms with van der Waals surface area (Å²) in [7, 11) is 0. The molecule has 0 radical (unpaired) electrons. The van der Waals surface area contributed by atoms with Gasteiger partial charge < -0.3 is 14.5 Å². The van der Waals surface area contributed by atoms with Crippen molar-refractivity contribution in [2.75, 3.05) is 37.7 Å². The fourth-order valence-corrected chi connectivity index (χ4v) is 4.48. The van der Waals surface area contributed by atoms with Crippen LogP contribution in [-0.4, -0.2) is 59.5 Å².